The Morgan fingerprint density at radius 1 is 1.03 bits per heavy atom. The fraction of sp³-hybridized carbons (Fsp3) is 0.435. The van der Waals surface area contributed by atoms with Crippen molar-refractivity contribution in [2.75, 3.05) is 36.4 Å². The van der Waals surface area contributed by atoms with Gasteiger partial charge in [-0.1, -0.05) is 26.0 Å². The Morgan fingerprint density at radius 2 is 1.70 bits per heavy atom. The van der Waals surface area contributed by atoms with Crippen LogP contribution >= 0.6 is 0 Å². The summed E-state index contributed by atoms with van der Waals surface area (Å²) < 4.78 is 27.5. The standard InChI is InChI=1S/C23H31N3O3S/c1-5-26(6-2)30(28,29)19-11-12-22(25-13-7-8-14-25)20(16-19)23(27)24-21-15-17(3)9-10-18(21)4/h9-12,15-16H,5-8,13-14H2,1-4H3,(H,24,27). The maximum absolute atomic E-state index is 13.3. The SMILES string of the molecule is CCN(CC)S(=O)(=O)c1ccc(N2CCCC2)c(C(=O)Nc2cc(C)ccc2C)c1. The van der Waals surface area contributed by atoms with Crippen molar-refractivity contribution in [3.8, 4) is 0 Å². The van der Waals surface area contributed by atoms with Crippen LogP contribution in [0.2, 0.25) is 0 Å². The van der Waals surface area contributed by atoms with Gasteiger partial charge in [-0.05, 0) is 62.1 Å². The van der Waals surface area contributed by atoms with Crippen LogP contribution in [0.15, 0.2) is 41.3 Å². The van der Waals surface area contributed by atoms with E-state index in [0.717, 1.165) is 48.4 Å². The van der Waals surface area contributed by atoms with Crippen LogP contribution in [-0.2, 0) is 10.0 Å². The van der Waals surface area contributed by atoms with Crippen molar-refractivity contribution in [3.05, 3.63) is 53.1 Å². The highest BCUT2D eigenvalue weighted by Gasteiger charge is 2.26. The van der Waals surface area contributed by atoms with Gasteiger partial charge in [0.15, 0.2) is 0 Å². The van der Waals surface area contributed by atoms with Crippen molar-refractivity contribution in [2.24, 2.45) is 0 Å². The molecule has 1 amide bonds. The van der Waals surface area contributed by atoms with E-state index in [4.69, 9.17) is 0 Å². The van der Waals surface area contributed by atoms with Gasteiger partial charge < -0.3 is 10.2 Å². The molecule has 1 fully saturated rings. The molecule has 30 heavy (non-hydrogen) atoms. The Bertz CT molecular complexity index is 1020. The van der Waals surface area contributed by atoms with E-state index in [1.165, 1.54) is 10.4 Å². The normalized spacial score (nSPS) is 14.4. The van der Waals surface area contributed by atoms with Crippen molar-refractivity contribution in [1.29, 1.82) is 0 Å². The second kappa shape index (κ2) is 9.18. The van der Waals surface area contributed by atoms with Crippen molar-refractivity contribution in [2.45, 2.75) is 45.4 Å². The summed E-state index contributed by atoms with van der Waals surface area (Å²) in [6.07, 6.45) is 2.13. The first-order chi connectivity index (χ1) is 14.3. The van der Waals surface area contributed by atoms with Gasteiger partial charge in [0, 0.05) is 37.6 Å². The Morgan fingerprint density at radius 3 is 2.33 bits per heavy atom. The summed E-state index contributed by atoms with van der Waals surface area (Å²) in [6, 6.07) is 10.8. The van der Waals surface area contributed by atoms with Gasteiger partial charge in [0.1, 0.15) is 0 Å². The van der Waals surface area contributed by atoms with Crippen LogP contribution in [0.25, 0.3) is 0 Å². The second-order valence-electron chi connectivity index (χ2n) is 7.73. The number of carbonyl (C=O) groups excluding carboxylic acids is 1. The zero-order valence-electron chi connectivity index (χ0n) is 18.2. The van der Waals surface area contributed by atoms with E-state index >= 15 is 0 Å². The molecule has 162 valence electrons. The van der Waals surface area contributed by atoms with E-state index < -0.39 is 10.0 Å². The Kier molecular flexibility index (Phi) is 6.83. The zero-order chi connectivity index (χ0) is 21.9. The molecule has 1 aliphatic heterocycles. The number of rotatable bonds is 7. The topological polar surface area (TPSA) is 69.7 Å². The summed E-state index contributed by atoms with van der Waals surface area (Å²) in [6.45, 7) is 10.0. The van der Waals surface area contributed by atoms with Gasteiger partial charge in [-0.2, -0.15) is 4.31 Å². The smallest absolute Gasteiger partial charge is 0.257 e. The van der Waals surface area contributed by atoms with Gasteiger partial charge in [-0.15, -0.1) is 0 Å². The van der Waals surface area contributed by atoms with Gasteiger partial charge in [0.05, 0.1) is 10.5 Å². The minimum atomic E-state index is -3.65. The third-order valence-electron chi connectivity index (χ3n) is 5.64. The van der Waals surface area contributed by atoms with Crippen LogP contribution in [-0.4, -0.2) is 44.8 Å². The minimum Gasteiger partial charge on any atom is -0.371 e. The molecule has 0 saturated carbocycles. The molecule has 3 rings (SSSR count). The number of aryl methyl sites for hydroxylation is 2. The number of nitrogens with zero attached hydrogens (tertiary/aromatic N) is 2. The van der Waals surface area contributed by atoms with Crippen molar-refractivity contribution in [1.82, 2.24) is 4.31 Å². The number of anilines is 2. The molecule has 0 radical (unpaired) electrons. The molecule has 1 aliphatic rings. The monoisotopic (exact) mass is 429 g/mol. The van der Waals surface area contributed by atoms with E-state index in [0.29, 0.717) is 18.7 Å². The first-order valence-corrected chi connectivity index (χ1v) is 12.0. The maximum atomic E-state index is 13.3. The molecule has 0 spiro atoms. The van der Waals surface area contributed by atoms with Gasteiger partial charge in [0.2, 0.25) is 10.0 Å². The van der Waals surface area contributed by atoms with Crippen LogP contribution in [0.3, 0.4) is 0 Å². The maximum Gasteiger partial charge on any atom is 0.257 e. The number of amides is 1. The number of benzene rings is 2. The van der Waals surface area contributed by atoms with Crippen LogP contribution < -0.4 is 10.2 Å². The third-order valence-corrected chi connectivity index (χ3v) is 7.69. The highest BCUT2D eigenvalue weighted by molar-refractivity contribution is 7.89. The first-order valence-electron chi connectivity index (χ1n) is 10.6. The van der Waals surface area contributed by atoms with E-state index in [-0.39, 0.29) is 10.8 Å². The lowest BCUT2D eigenvalue weighted by molar-refractivity contribution is 0.102. The highest BCUT2D eigenvalue weighted by atomic mass is 32.2. The van der Waals surface area contributed by atoms with Gasteiger partial charge in [0.25, 0.3) is 5.91 Å². The largest absolute Gasteiger partial charge is 0.371 e. The third kappa shape index (κ3) is 4.52. The molecular formula is C23H31N3O3S. The summed E-state index contributed by atoms with van der Waals surface area (Å²) in [5, 5.41) is 2.99. The van der Waals surface area contributed by atoms with Gasteiger partial charge >= 0.3 is 0 Å². The molecule has 0 bridgehead atoms. The first kappa shape index (κ1) is 22.3. The van der Waals surface area contributed by atoms with E-state index in [1.54, 1.807) is 12.1 Å². The summed E-state index contributed by atoms with van der Waals surface area (Å²) in [4.78, 5) is 15.6. The Hall–Kier alpha value is -2.38. The molecule has 0 atom stereocenters. The van der Waals surface area contributed by atoms with Crippen molar-refractivity contribution < 1.29 is 13.2 Å². The zero-order valence-corrected chi connectivity index (χ0v) is 19.1. The van der Waals surface area contributed by atoms with E-state index in [9.17, 15) is 13.2 Å². The molecule has 1 N–H and O–H groups in total. The average Bonchev–Trinajstić information content (AvgIpc) is 3.25. The van der Waals surface area contributed by atoms with E-state index in [2.05, 4.69) is 10.2 Å². The van der Waals surface area contributed by atoms with Gasteiger partial charge in [-0.3, -0.25) is 4.79 Å². The summed E-state index contributed by atoms with van der Waals surface area (Å²) >= 11 is 0. The lowest BCUT2D eigenvalue weighted by Crippen LogP contribution is -2.31. The predicted octanol–water partition coefficient (Wildman–Crippen LogP) is 4.19. The minimum absolute atomic E-state index is 0.153. The molecule has 1 saturated heterocycles. The lowest BCUT2D eigenvalue weighted by atomic mass is 10.1. The summed E-state index contributed by atoms with van der Waals surface area (Å²) in [5.74, 6) is -0.290. The fourth-order valence-electron chi connectivity index (χ4n) is 3.86. The summed E-state index contributed by atoms with van der Waals surface area (Å²) in [7, 11) is -3.65. The van der Waals surface area contributed by atoms with Crippen molar-refractivity contribution >= 4 is 27.3 Å². The number of hydrogen-bond donors (Lipinski definition) is 1. The molecule has 0 aliphatic carbocycles. The van der Waals surface area contributed by atoms with Gasteiger partial charge in [-0.25, -0.2) is 8.42 Å². The van der Waals surface area contributed by atoms with Crippen LogP contribution in [0.4, 0.5) is 11.4 Å². The quantitative estimate of drug-likeness (QED) is 0.717. The molecule has 1 heterocycles. The summed E-state index contributed by atoms with van der Waals surface area (Å²) in [5.41, 5.74) is 3.93. The molecule has 6 nitrogen and oxygen atoms in total. The van der Waals surface area contributed by atoms with Crippen LogP contribution in [0.1, 0.15) is 48.2 Å². The number of hydrogen-bond acceptors (Lipinski definition) is 4. The van der Waals surface area contributed by atoms with Crippen LogP contribution in [0.5, 0.6) is 0 Å². The molecule has 2 aromatic carbocycles. The second-order valence-corrected chi connectivity index (χ2v) is 9.67. The number of nitrogens with one attached hydrogen (secondary N) is 1. The molecule has 0 unspecified atom stereocenters. The molecular weight excluding hydrogens is 398 g/mol. The fourth-order valence-corrected chi connectivity index (χ4v) is 5.35. The average molecular weight is 430 g/mol. The molecule has 7 heteroatoms. The van der Waals surface area contributed by atoms with Crippen molar-refractivity contribution in [3.63, 3.8) is 0 Å². The lowest BCUT2D eigenvalue weighted by Gasteiger charge is -2.23. The predicted molar refractivity (Wildman–Crippen MR) is 122 cm³/mol. The van der Waals surface area contributed by atoms with E-state index in [1.807, 2.05) is 45.9 Å². The Balaban J connectivity index is 2.05. The molecule has 2 aromatic rings. The van der Waals surface area contributed by atoms with Crippen LogP contribution in [0, 0.1) is 13.8 Å². The number of carbonyl (C=O) groups is 1. The highest BCUT2D eigenvalue weighted by Crippen LogP contribution is 2.29. The number of sulfonamides is 1. The Labute approximate surface area is 179 Å². The molecule has 0 aromatic heterocycles.